The molecule has 2 heterocycles. The molecule has 142 valence electrons. The van der Waals surface area contributed by atoms with Crippen molar-refractivity contribution in [3.8, 4) is 0 Å². The van der Waals surface area contributed by atoms with E-state index in [1.54, 1.807) is 7.05 Å². The van der Waals surface area contributed by atoms with Gasteiger partial charge in [0.1, 0.15) is 0 Å². The van der Waals surface area contributed by atoms with E-state index in [9.17, 15) is 0 Å². The summed E-state index contributed by atoms with van der Waals surface area (Å²) in [5.74, 6) is 1.85. The van der Waals surface area contributed by atoms with E-state index in [4.69, 9.17) is 4.52 Å². The molecule has 0 aliphatic carbocycles. The zero-order valence-corrected chi connectivity index (χ0v) is 16.0. The molecule has 0 amide bonds. The number of aliphatic imine (C=N–C) groups is 1. The fraction of sp³-hybridized carbons (Fsp3) is 0.350. The third-order valence-electron chi connectivity index (χ3n) is 4.16. The summed E-state index contributed by atoms with van der Waals surface area (Å²) in [6, 6.07) is 12.3. The molecule has 0 unspecified atom stereocenters. The lowest BCUT2D eigenvalue weighted by molar-refractivity contribution is 0.372. The number of nitrogens with one attached hydrogen (secondary N) is 2. The number of benzene rings is 1. The SMILES string of the molecule is CN=C(NCc1cnn(Cc2ccccc2)c1)NCc1cc(C(C)C)no1. The lowest BCUT2D eigenvalue weighted by atomic mass is 10.1. The fourth-order valence-corrected chi connectivity index (χ4v) is 2.62. The minimum Gasteiger partial charge on any atom is -0.359 e. The van der Waals surface area contributed by atoms with Crippen molar-refractivity contribution in [2.75, 3.05) is 7.05 Å². The van der Waals surface area contributed by atoms with Gasteiger partial charge in [0.15, 0.2) is 11.7 Å². The van der Waals surface area contributed by atoms with Gasteiger partial charge in [-0.3, -0.25) is 9.67 Å². The van der Waals surface area contributed by atoms with Gasteiger partial charge in [0.2, 0.25) is 0 Å². The van der Waals surface area contributed by atoms with Crippen molar-refractivity contribution in [2.45, 2.75) is 39.4 Å². The highest BCUT2D eigenvalue weighted by Gasteiger charge is 2.08. The van der Waals surface area contributed by atoms with E-state index in [1.165, 1.54) is 5.56 Å². The second-order valence-corrected chi connectivity index (χ2v) is 6.68. The van der Waals surface area contributed by atoms with Crippen LogP contribution in [-0.4, -0.2) is 27.9 Å². The van der Waals surface area contributed by atoms with Gasteiger partial charge >= 0.3 is 0 Å². The summed E-state index contributed by atoms with van der Waals surface area (Å²) in [7, 11) is 1.74. The standard InChI is InChI=1S/C20H26N6O/c1-15(2)19-9-18(27-25-19)12-23-20(21-3)22-10-17-11-24-26(14-17)13-16-7-5-4-6-8-16/h4-9,11,14-15H,10,12-13H2,1-3H3,(H2,21,22,23). The Bertz CT molecular complexity index is 865. The van der Waals surface area contributed by atoms with E-state index in [2.05, 4.69) is 51.9 Å². The Hall–Kier alpha value is -3.09. The maximum Gasteiger partial charge on any atom is 0.191 e. The van der Waals surface area contributed by atoms with Crippen molar-refractivity contribution >= 4 is 5.96 Å². The molecule has 0 atom stereocenters. The van der Waals surface area contributed by atoms with Crippen LogP contribution in [0, 0.1) is 0 Å². The van der Waals surface area contributed by atoms with Gasteiger partial charge in [-0.05, 0) is 11.5 Å². The molecule has 7 nitrogen and oxygen atoms in total. The molecule has 0 spiro atoms. The van der Waals surface area contributed by atoms with Crippen molar-refractivity contribution in [2.24, 2.45) is 4.99 Å². The summed E-state index contributed by atoms with van der Waals surface area (Å²) in [6.45, 7) is 6.12. The highest BCUT2D eigenvalue weighted by Crippen LogP contribution is 2.13. The van der Waals surface area contributed by atoms with Gasteiger partial charge in [0, 0.05) is 31.4 Å². The maximum absolute atomic E-state index is 5.33. The summed E-state index contributed by atoms with van der Waals surface area (Å²) in [6.07, 6.45) is 3.91. The van der Waals surface area contributed by atoms with Gasteiger partial charge in [-0.2, -0.15) is 5.10 Å². The van der Waals surface area contributed by atoms with Crippen LogP contribution in [0.2, 0.25) is 0 Å². The van der Waals surface area contributed by atoms with Gasteiger partial charge in [0.25, 0.3) is 0 Å². The predicted octanol–water partition coefficient (Wildman–Crippen LogP) is 2.91. The molecule has 0 aliphatic heterocycles. The molecule has 0 saturated heterocycles. The Kier molecular flexibility index (Phi) is 6.25. The van der Waals surface area contributed by atoms with E-state index in [1.807, 2.05) is 41.3 Å². The zero-order chi connectivity index (χ0) is 19.1. The van der Waals surface area contributed by atoms with Gasteiger partial charge in [-0.25, -0.2) is 0 Å². The molecule has 3 rings (SSSR count). The van der Waals surface area contributed by atoms with Crippen molar-refractivity contribution in [3.05, 3.63) is 71.4 Å². The van der Waals surface area contributed by atoms with Crippen LogP contribution in [0.4, 0.5) is 0 Å². The lowest BCUT2D eigenvalue weighted by Gasteiger charge is -2.09. The van der Waals surface area contributed by atoms with Crippen molar-refractivity contribution in [3.63, 3.8) is 0 Å². The van der Waals surface area contributed by atoms with Crippen molar-refractivity contribution < 1.29 is 4.52 Å². The first-order valence-corrected chi connectivity index (χ1v) is 9.09. The Morgan fingerprint density at radius 3 is 2.63 bits per heavy atom. The van der Waals surface area contributed by atoms with Crippen LogP contribution in [0.3, 0.4) is 0 Å². The van der Waals surface area contributed by atoms with Gasteiger partial charge in [0.05, 0.1) is 25.0 Å². The highest BCUT2D eigenvalue weighted by atomic mass is 16.5. The minimum atomic E-state index is 0.354. The Morgan fingerprint density at radius 2 is 1.93 bits per heavy atom. The second kappa shape index (κ2) is 9.02. The molecule has 0 aliphatic rings. The predicted molar refractivity (Wildman–Crippen MR) is 105 cm³/mol. The molecule has 0 fully saturated rings. The summed E-state index contributed by atoms with van der Waals surface area (Å²) < 4.78 is 7.27. The van der Waals surface area contributed by atoms with Crippen molar-refractivity contribution in [1.82, 2.24) is 25.6 Å². The van der Waals surface area contributed by atoms with Crippen molar-refractivity contribution in [1.29, 1.82) is 0 Å². The van der Waals surface area contributed by atoms with E-state index < -0.39 is 0 Å². The summed E-state index contributed by atoms with van der Waals surface area (Å²) >= 11 is 0. The smallest absolute Gasteiger partial charge is 0.191 e. The lowest BCUT2D eigenvalue weighted by Crippen LogP contribution is -2.36. The van der Waals surface area contributed by atoms with Crippen LogP contribution >= 0.6 is 0 Å². The van der Waals surface area contributed by atoms with Crippen LogP contribution in [0.15, 0.2) is 58.3 Å². The van der Waals surface area contributed by atoms with Crippen LogP contribution in [0.5, 0.6) is 0 Å². The van der Waals surface area contributed by atoms with Crippen LogP contribution in [0.1, 0.15) is 42.3 Å². The first-order valence-electron chi connectivity index (χ1n) is 9.09. The molecule has 3 aromatic rings. The van der Waals surface area contributed by atoms with E-state index in [0.29, 0.717) is 25.0 Å². The number of hydrogen-bond donors (Lipinski definition) is 2. The number of rotatable bonds is 7. The van der Waals surface area contributed by atoms with Crippen LogP contribution < -0.4 is 10.6 Å². The normalized spacial score (nSPS) is 11.8. The molecule has 0 bridgehead atoms. The van der Waals surface area contributed by atoms with Gasteiger partial charge in [-0.1, -0.05) is 49.3 Å². The molecule has 27 heavy (non-hydrogen) atoms. The second-order valence-electron chi connectivity index (χ2n) is 6.68. The molecular weight excluding hydrogens is 340 g/mol. The topological polar surface area (TPSA) is 80.3 Å². The third-order valence-corrected chi connectivity index (χ3v) is 4.16. The highest BCUT2D eigenvalue weighted by molar-refractivity contribution is 5.79. The Morgan fingerprint density at radius 1 is 1.15 bits per heavy atom. The summed E-state index contributed by atoms with van der Waals surface area (Å²) in [4.78, 5) is 4.24. The number of hydrogen-bond acceptors (Lipinski definition) is 4. The van der Waals surface area contributed by atoms with Crippen LogP contribution in [-0.2, 0) is 19.6 Å². The quantitative estimate of drug-likeness (QED) is 0.496. The average Bonchev–Trinajstić information content (AvgIpc) is 3.32. The first kappa shape index (κ1) is 18.7. The number of nitrogens with zero attached hydrogens (tertiary/aromatic N) is 4. The molecule has 7 heteroatoms. The fourth-order valence-electron chi connectivity index (χ4n) is 2.62. The number of guanidine groups is 1. The van der Waals surface area contributed by atoms with Gasteiger partial charge < -0.3 is 15.2 Å². The molecule has 2 aromatic heterocycles. The van der Waals surface area contributed by atoms with Gasteiger partial charge in [-0.15, -0.1) is 0 Å². The largest absolute Gasteiger partial charge is 0.359 e. The van der Waals surface area contributed by atoms with E-state index >= 15 is 0 Å². The maximum atomic E-state index is 5.33. The Balaban J connectivity index is 1.48. The third kappa shape index (κ3) is 5.44. The minimum absolute atomic E-state index is 0.354. The summed E-state index contributed by atoms with van der Waals surface area (Å²) in [5.41, 5.74) is 3.28. The molecule has 2 N–H and O–H groups in total. The van der Waals surface area contributed by atoms with Crippen LogP contribution in [0.25, 0.3) is 0 Å². The molecule has 1 aromatic carbocycles. The molecule has 0 saturated carbocycles. The van der Waals surface area contributed by atoms with E-state index in [0.717, 1.165) is 23.6 Å². The van der Waals surface area contributed by atoms with E-state index in [-0.39, 0.29) is 0 Å². The zero-order valence-electron chi connectivity index (χ0n) is 16.0. The Labute approximate surface area is 159 Å². The molecular formula is C20H26N6O. The number of aromatic nitrogens is 3. The molecule has 0 radical (unpaired) electrons. The summed E-state index contributed by atoms with van der Waals surface area (Å²) in [5, 5.41) is 15.0. The monoisotopic (exact) mass is 366 g/mol. The average molecular weight is 366 g/mol. The first-order chi connectivity index (χ1) is 13.1.